The third-order valence-corrected chi connectivity index (χ3v) is 5.50. The Bertz CT molecular complexity index is 1080. The molecule has 32 heavy (non-hydrogen) atoms. The zero-order valence-corrected chi connectivity index (χ0v) is 18.4. The highest BCUT2D eigenvalue weighted by molar-refractivity contribution is 6.11. The first kappa shape index (κ1) is 22.8. The Morgan fingerprint density at radius 3 is 2.47 bits per heavy atom. The molecule has 3 rings (SSSR count). The molecule has 1 heterocycles. The Labute approximate surface area is 185 Å². The first-order chi connectivity index (χ1) is 15.3. The summed E-state index contributed by atoms with van der Waals surface area (Å²) in [6, 6.07) is 10.9. The van der Waals surface area contributed by atoms with E-state index in [0.29, 0.717) is 17.7 Å². The van der Waals surface area contributed by atoms with E-state index in [4.69, 9.17) is 9.47 Å². The molecule has 0 bridgehead atoms. The third-order valence-electron chi connectivity index (χ3n) is 5.50. The van der Waals surface area contributed by atoms with Gasteiger partial charge in [-0.15, -0.1) is 0 Å². The summed E-state index contributed by atoms with van der Waals surface area (Å²) in [4.78, 5) is 51.4. The first-order valence-corrected chi connectivity index (χ1v) is 10.0. The van der Waals surface area contributed by atoms with E-state index in [1.165, 1.54) is 19.2 Å². The zero-order chi connectivity index (χ0) is 23.5. The average Bonchev–Trinajstić information content (AvgIpc) is 3.03. The quantitative estimate of drug-likeness (QED) is 0.506. The zero-order valence-electron chi connectivity index (χ0n) is 18.4. The number of hydrogen-bond donors (Lipinski definition) is 2. The number of benzene rings is 2. The molecule has 1 unspecified atom stereocenters. The lowest BCUT2D eigenvalue weighted by Gasteiger charge is -2.26. The van der Waals surface area contributed by atoms with Gasteiger partial charge in [0, 0.05) is 0 Å². The molecule has 1 saturated heterocycles. The number of amides is 4. The summed E-state index contributed by atoms with van der Waals surface area (Å²) in [6.45, 7) is 3.13. The van der Waals surface area contributed by atoms with E-state index in [2.05, 4.69) is 10.6 Å². The molecule has 9 nitrogen and oxygen atoms in total. The van der Waals surface area contributed by atoms with Crippen molar-refractivity contribution in [2.75, 3.05) is 26.1 Å². The molecule has 2 aromatic carbocycles. The number of nitrogens with zero attached hydrogens (tertiary/aromatic N) is 1. The minimum Gasteiger partial charge on any atom is -0.496 e. The van der Waals surface area contributed by atoms with Crippen LogP contribution in [0.5, 0.6) is 5.75 Å². The SMILES string of the molecule is CCC1(c2ccc(OC)c(C)c2)NC(=O)N(CC(=O)Nc2ccccc2C(=O)OC)C1=O. The maximum Gasteiger partial charge on any atom is 0.339 e. The minimum absolute atomic E-state index is 0.164. The van der Waals surface area contributed by atoms with Crippen molar-refractivity contribution >= 4 is 29.5 Å². The van der Waals surface area contributed by atoms with Gasteiger partial charge in [0.1, 0.15) is 17.8 Å². The fourth-order valence-corrected chi connectivity index (χ4v) is 3.77. The van der Waals surface area contributed by atoms with Crippen molar-refractivity contribution in [3.8, 4) is 5.75 Å². The molecule has 1 fully saturated rings. The number of imide groups is 1. The van der Waals surface area contributed by atoms with Gasteiger partial charge in [-0.2, -0.15) is 0 Å². The van der Waals surface area contributed by atoms with Crippen LogP contribution in [-0.4, -0.2) is 49.5 Å². The van der Waals surface area contributed by atoms with Crippen molar-refractivity contribution in [2.24, 2.45) is 0 Å². The van der Waals surface area contributed by atoms with Crippen molar-refractivity contribution in [1.29, 1.82) is 0 Å². The predicted molar refractivity (Wildman–Crippen MR) is 116 cm³/mol. The molecule has 168 valence electrons. The van der Waals surface area contributed by atoms with Gasteiger partial charge in [-0.25, -0.2) is 9.59 Å². The monoisotopic (exact) mass is 439 g/mol. The third kappa shape index (κ3) is 4.01. The number of methoxy groups -OCH3 is 2. The van der Waals surface area contributed by atoms with Gasteiger partial charge in [0.15, 0.2) is 0 Å². The van der Waals surface area contributed by atoms with Crippen LogP contribution in [-0.2, 0) is 19.9 Å². The summed E-state index contributed by atoms with van der Waals surface area (Å²) in [5, 5.41) is 5.32. The Balaban J connectivity index is 1.82. The summed E-state index contributed by atoms with van der Waals surface area (Å²) < 4.78 is 9.99. The van der Waals surface area contributed by atoms with Gasteiger partial charge >= 0.3 is 12.0 Å². The second kappa shape index (κ2) is 9.09. The van der Waals surface area contributed by atoms with Crippen LogP contribution in [0.15, 0.2) is 42.5 Å². The molecule has 4 amide bonds. The first-order valence-electron chi connectivity index (χ1n) is 10.0. The molecule has 0 saturated carbocycles. The lowest BCUT2D eigenvalue weighted by Crippen LogP contribution is -2.44. The maximum atomic E-state index is 13.3. The van der Waals surface area contributed by atoms with Crippen molar-refractivity contribution in [2.45, 2.75) is 25.8 Å². The van der Waals surface area contributed by atoms with Crippen molar-refractivity contribution in [1.82, 2.24) is 10.2 Å². The van der Waals surface area contributed by atoms with Crippen LogP contribution in [0, 0.1) is 6.92 Å². The Morgan fingerprint density at radius 2 is 1.84 bits per heavy atom. The van der Waals surface area contributed by atoms with E-state index < -0.39 is 35.9 Å². The highest BCUT2D eigenvalue weighted by atomic mass is 16.5. The number of rotatable bonds is 7. The number of hydrogen-bond acceptors (Lipinski definition) is 6. The number of anilines is 1. The molecule has 1 aliphatic rings. The molecule has 0 radical (unpaired) electrons. The van der Waals surface area contributed by atoms with Crippen molar-refractivity contribution < 1.29 is 28.7 Å². The van der Waals surface area contributed by atoms with Crippen molar-refractivity contribution in [3.05, 3.63) is 59.2 Å². The van der Waals surface area contributed by atoms with Crippen LogP contribution >= 0.6 is 0 Å². The summed E-state index contributed by atoms with van der Waals surface area (Å²) >= 11 is 0. The van der Waals surface area contributed by atoms with Gasteiger partial charge in [-0.05, 0) is 48.7 Å². The number of ether oxygens (including phenoxy) is 2. The van der Waals surface area contributed by atoms with Gasteiger partial charge in [0.05, 0.1) is 25.5 Å². The van der Waals surface area contributed by atoms with E-state index in [1.807, 2.05) is 6.92 Å². The van der Waals surface area contributed by atoms with Crippen LogP contribution in [0.4, 0.5) is 10.5 Å². The van der Waals surface area contributed by atoms with Gasteiger partial charge < -0.3 is 20.1 Å². The van der Waals surface area contributed by atoms with Crippen LogP contribution in [0.1, 0.15) is 34.8 Å². The van der Waals surface area contributed by atoms with Crippen molar-refractivity contribution in [3.63, 3.8) is 0 Å². The molecule has 1 atom stereocenters. The number of urea groups is 1. The second-order valence-electron chi connectivity index (χ2n) is 7.35. The van der Waals surface area contributed by atoms with E-state index in [-0.39, 0.29) is 11.3 Å². The van der Waals surface area contributed by atoms with E-state index in [1.54, 1.807) is 44.4 Å². The largest absolute Gasteiger partial charge is 0.496 e. The number of carbonyl (C=O) groups excluding carboxylic acids is 4. The Kier molecular flexibility index (Phi) is 6.47. The minimum atomic E-state index is -1.28. The lowest BCUT2D eigenvalue weighted by molar-refractivity contribution is -0.134. The standard InChI is InChI=1S/C23H25N3O6/c1-5-23(15-10-11-18(31-3)14(2)12-15)21(29)26(22(30)25-23)13-19(27)24-17-9-7-6-8-16(17)20(28)32-4/h6-12H,5,13H2,1-4H3,(H,24,27)(H,25,30). The maximum absolute atomic E-state index is 13.3. The summed E-state index contributed by atoms with van der Waals surface area (Å²) in [7, 11) is 2.79. The van der Waals surface area contributed by atoms with E-state index >= 15 is 0 Å². The van der Waals surface area contributed by atoms with Crippen LogP contribution in [0.3, 0.4) is 0 Å². The smallest absolute Gasteiger partial charge is 0.339 e. The fraction of sp³-hybridized carbons (Fsp3) is 0.304. The predicted octanol–water partition coefficient (Wildman–Crippen LogP) is 2.59. The van der Waals surface area contributed by atoms with Crippen LogP contribution in [0.25, 0.3) is 0 Å². The normalized spacial score (nSPS) is 17.7. The Morgan fingerprint density at radius 1 is 1.12 bits per heavy atom. The summed E-state index contributed by atoms with van der Waals surface area (Å²) in [5.41, 5.74) is 0.533. The molecule has 9 heteroatoms. The molecule has 0 aliphatic carbocycles. The molecule has 0 aromatic heterocycles. The number of para-hydroxylation sites is 1. The topological polar surface area (TPSA) is 114 Å². The van der Waals surface area contributed by atoms with Gasteiger partial charge in [-0.3, -0.25) is 14.5 Å². The highest BCUT2D eigenvalue weighted by Crippen LogP contribution is 2.34. The van der Waals surface area contributed by atoms with Crippen LogP contribution in [0.2, 0.25) is 0 Å². The average molecular weight is 439 g/mol. The number of aryl methyl sites for hydroxylation is 1. The fourth-order valence-electron chi connectivity index (χ4n) is 3.77. The summed E-state index contributed by atoms with van der Waals surface area (Å²) in [5.74, 6) is -1.10. The van der Waals surface area contributed by atoms with E-state index in [0.717, 1.165) is 10.5 Å². The van der Waals surface area contributed by atoms with Gasteiger partial charge in [-0.1, -0.05) is 25.1 Å². The molecule has 2 aromatic rings. The van der Waals surface area contributed by atoms with Crippen LogP contribution < -0.4 is 15.4 Å². The molecular formula is C23H25N3O6. The summed E-state index contributed by atoms with van der Waals surface area (Å²) in [6.07, 6.45) is 0.298. The number of esters is 1. The number of nitrogens with one attached hydrogen (secondary N) is 2. The van der Waals surface area contributed by atoms with Gasteiger partial charge in [0.2, 0.25) is 5.91 Å². The number of carbonyl (C=O) groups is 4. The second-order valence-corrected chi connectivity index (χ2v) is 7.35. The molecular weight excluding hydrogens is 414 g/mol. The van der Waals surface area contributed by atoms with E-state index in [9.17, 15) is 19.2 Å². The lowest BCUT2D eigenvalue weighted by atomic mass is 9.86. The highest BCUT2D eigenvalue weighted by Gasteiger charge is 2.51. The Hall–Kier alpha value is -3.88. The van der Waals surface area contributed by atoms with Gasteiger partial charge in [0.25, 0.3) is 5.91 Å². The molecule has 1 aliphatic heterocycles. The molecule has 2 N–H and O–H groups in total. The molecule has 0 spiro atoms.